The minimum absolute atomic E-state index is 0.285. The molecule has 112 valence electrons. The van der Waals surface area contributed by atoms with Crippen molar-refractivity contribution in [2.45, 2.75) is 19.5 Å². The standard InChI is InChI=1S/C18H18ClN3/c1-14(21-12-15-2-6-17(19)7-3-15)16-4-8-18(9-5-16)22-11-10-20-13-22/h2-11,13-14,21H,12H2,1H3/t14-/m0/s1. The van der Waals surface area contributed by atoms with Crippen LogP contribution in [0.4, 0.5) is 0 Å². The van der Waals surface area contributed by atoms with E-state index >= 15 is 0 Å². The van der Waals surface area contributed by atoms with E-state index in [1.54, 1.807) is 12.5 Å². The van der Waals surface area contributed by atoms with E-state index in [4.69, 9.17) is 11.6 Å². The van der Waals surface area contributed by atoms with Crippen LogP contribution < -0.4 is 5.32 Å². The van der Waals surface area contributed by atoms with Gasteiger partial charge < -0.3 is 9.88 Å². The Morgan fingerprint density at radius 1 is 1.09 bits per heavy atom. The molecule has 1 N–H and O–H groups in total. The van der Waals surface area contributed by atoms with Gasteiger partial charge in [-0.15, -0.1) is 0 Å². The largest absolute Gasteiger partial charge is 0.306 e. The summed E-state index contributed by atoms with van der Waals surface area (Å²) in [5.74, 6) is 0. The third-order valence-corrected chi connectivity index (χ3v) is 3.97. The quantitative estimate of drug-likeness (QED) is 0.758. The number of halogens is 1. The summed E-state index contributed by atoms with van der Waals surface area (Å²) in [4.78, 5) is 4.07. The van der Waals surface area contributed by atoms with Gasteiger partial charge in [0.2, 0.25) is 0 Å². The van der Waals surface area contributed by atoms with Gasteiger partial charge in [0.15, 0.2) is 0 Å². The smallest absolute Gasteiger partial charge is 0.0991 e. The molecule has 1 atom stereocenters. The van der Waals surface area contributed by atoms with E-state index < -0.39 is 0 Å². The van der Waals surface area contributed by atoms with Crippen molar-refractivity contribution in [1.29, 1.82) is 0 Å². The number of imidazole rings is 1. The number of benzene rings is 2. The van der Waals surface area contributed by atoms with E-state index in [2.05, 4.69) is 41.5 Å². The fraction of sp³-hybridized carbons (Fsp3) is 0.167. The fourth-order valence-electron chi connectivity index (χ4n) is 2.34. The normalized spacial score (nSPS) is 12.3. The maximum atomic E-state index is 5.90. The molecule has 1 aromatic heterocycles. The molecule has 0 spiro atoms. The highest BCUT2D eigenvalue weighted by molar-refractivity contribution is 6.30. The molecule has 0 aliphatic rings. The first-order valence-corrected chi connectivity index (χ1v) is 7.66. The van der Waals surface area contributed by atoms with Gasteiger partial charge in [0.05, 0.1) is 6.33 Å². The molecule has 2 aromatic carbocycles. The first-order valence-electron chi connectivity index (χ1n) is 7.28. The van der Waals surface area contributed by atoms with Crippen molar-refractivity contribution in [2.24, 2.45) is 0 Å². The second kappa shape index (κ2) is 6.77. The first-order chi connectivity index (χ1) is 10.7. The highest BCUT2D eigenvalue weighted by atomic mass is 35.5. The van der Waals surface area contributed by atoms with Crippen LogP contribution in [0.25, 0.3) is 5.69 Å². The van der Waals surface area contributed by atoms with Crippen molar-refractivity contribution in [1.82, 2.24) is 14.9 Å². The first kappa shape index (κ1) is 14.8. The predicted octanol–water partition coefficient (Wildman–Crippen LogP) is 4.38. The van der Waals surface area contributed by atoms with Crippen molar-refractivity contribution in [3.63, 3.8) is 0 Å². The van der Waals surface area contributed by atoms with E-state index in [0.29, 0.717) is 0 Å². The van der Waals surface area contributed by atoms with Crippen LogP contribution in [0.1, 0.15) is 24.1 Å². The lowest BCUT2D eigenvalue weighted by Gasteiger charge is -2.15. The van der Waals surface area contributed by atoms with Gasteiger partial charge in [-0.25, -0.2) is 4.98 Å². The van der Waals surface area contributed by atoms with Crippen LogP contribution in [-0.4, -0.2) is 9.55 Å². The molecule has 0 aliphatic carbocycles. The maximum Gasteiger partial charge on any atom is 0.0991 e. The number of hydrogen-bond acceptors (Lipinski definition) is 2. The molecule has 0 unspecified atom stereocenters. The predicted molar refractivity (Wildman–Crippen MR) is 90.3 cm³/mol. The Morgan fingerprint density at radius 3 is 2.45 bits per heavy atom. The fourth-order valence-corrected chi connectivity index (χ4v) is 2.46. The van der Waals surface area contributed by atoms with Gasteiger partial charge in [0, 0.05) is 35.7 Å². The van der Waals surface area contributed by atoms with Crippen molar-refractivity contribution < 1.29 is 0 Å². The average Bonchev–Trinajstić information content (AvgIpc) is 3.09. The number of nitrogens with one attached hydrogen (secondary N) is 1. The van der Waals surface area contributed by atoms with Crippen molar-refractivity contribution in [3.8, 4) is 5.69 Å². The average molecular weight is 312 g/mol. The van der Waals surface area contributed by atoms with Crippen LogP contribution in [0.5, 0.6) is 0 Å². The summed E-state index contributed by atoms with van der Waals surface area (Å²) in [7, 11) is 0. The molecule has 3 rings (SSSR count). The van der Waals surface area contributed by atoms with Crippen molar-refractivity contribution in [2.75, 3.05) is 0 Å². The number of aromatic nitrogens is 2. The van der Waals surface area contributed by atoms with E-state index in [1.807, 2.05) is 35.0 Å². The summed E-state index contributed by atoms with van der Waals surface area (Å²) >= 11 is 5.90. The molecule has 22 heavy (non-hydrogen) atoms. The van der Waals surface area contributed by atoms with Gasteiger partial charge in [-0.05, 0) is 42.3 Å². The molecule has 0 radical (unpaired) electrons. The van der Waals surface area contributed by atoms with E-state index in [9.17, 15) is 0 Å². The summed E-state index contributed by atoms with van der Waals surface area (Å²) in [6.07, 6.45) is 5.53. The zero-order valence-electron chi connectivity index (χ0n) is 12.4. The third kappa shape index (κ3) is 3.56. The zero-order valence-corrected chi connectivity index (χ0v) is 13.2. The lowest BCUT2D eigenvalue weighted by Crippen LogP contribution is -2.18. The monoisotopic (exact) mass is 311 g/mol. The Bertz CT molecular complexity index is 703. The van der Waals surface area contributed by atoms with Crippen molar-refractivity contribution in [3.05, 3.63) is 83.4 Å². The Labute approximate surface area is 135 Å². The van der Waals surface area contributed by atoms with E-state index in [-0.39, 0.29) is 6.04 Å². The molecule has 0 saturated heterocycles. The minimum Gasteiger partial charge on any atom is -0.306 e. The molecular weight excluding hydrogens is 294 g/mol. The van der Waals surface area contributed by atoms with Crippen LogP contribution in [-0.2, 0) is 6.54 Å². The Balaban J connectivity index is 1.62. The zero-order chi connectivity index (χ0) is 15.4. The molecular formula is C18H18ClN3. The second-order valence-electron chi connectivity index (χ2n) is 5.29. The minimum atomic E-state index is 0.285. The maximum absolute atomic E-state index is 5.90. The van der Waals surface area contributed by atoms with E-state index in [1.165, 1.54) is 11.1 Å². The topological polar surface area (TPSA) is 29.9 Å². The van der Waals surface area contributed by atoms with Gasteiger partial charge in [-0.1, -0.05) is 35.9 Å². The van der Waals surface area contributed by atoms with Gasteiger partial charge in [-0.2, -0.15) is 0 Å². The molecule has 4 heteroatoms. The summed E-state index contributed by atoms with van der Waals surface area (Å²) < 4.78 is 2.00. The summed E-state index contributed by atoms with van der Waals surface area (Å²) in [5.41, 5.74) is 3.61. The molecule has 0 bridgehead atoms. The number of rotatable bonds is 5. The Morgan fingerprint density at radius 2 is 1.82 bits per heavy atom. The SMILES string of the molecule is C[C@H](NCc1ccc(Cl)cc1)c1ccc(-n2ccnc2)cc1. The highest BCUT2D eigenvalue weighted by Crippen LogP contribution is 2.17. The molecule has 3 nitrogen and oxygen atoms in total. The van der Waals surface area contributed by atoms with Crippen LogP contribution in [0.3, 0.4) is 0 Å². The highest BCUT2D eigenvalue weighted by Gasteiger charge is 2.05. The van der Waals surface area contributed by atoms with Crippen LogP contribution >= 0.6 is 11.6 Å². The van der Waals surface area contributed by atoms with Crippen LogP contribution in [0.2, 0.25) is 5.02 Å². The van der Waals surface area contributed by atoms with E-state index in [0.717, 1.165) is 17.3 Å². The van der Waals surface area contributed by atoms with Gasteiger partial charge >= 0.3 is 0 Å². The van der Waals surface area contributed by atoms with Gasteiger partial charge in [-0.3, -0.25) is 0 Å². The van der Waals surface area contributed by atoms with Crippen LogP contribution in [0, 0.1) is 0 Å². The lowest BCUT2D eigenvalue weighted by atomic mass is 10.1. The second-order valence-corrected chi connectivity index (χ2v) is 5.73. The summed E-state index contributed by atoms with van der Waals surface area (Å²) in [6, 6.07) is 16.7. The molecule has 3 aromatic rings. The molecule has 1 heterocycles. The third-order valence-electron chi connectivity index (χ3n) is 3.72. The van der Waals surface area contributed by atoms with Gasteiger partial charge in [0.1, 0.15) is 0 Å². The molecule has 0 amide bonds. The molecule has 0 saturated carbocycles. The number of hydrogen-bond donors (Lipinski definition) is 1. The van der Waals surface area contributed by atoms with Gasteiger partial charge in [0.25, 0.3) is 0 Å². The Kier molecular flexibility index (Phi) is 4.56. The molecule has 0 fully saturated rings. The van der Waals surface area contributed by atoms with Crippen LogP contribution in [0.15, 0.2) is 67.3 Å². The summed E-state index contributed by atoms with van der Waals surface area (Å²) in [6.45, 7) is 2.99. The summed E-state index contributed by atoms with van der Waals surface area (Å²) in [5, 5.41) is 4.30. The lowest BCUT2D eigenvalue weighted by molar-refractivity contribution is 0.574. The molecule has 0 aliphatic heterocycles. The number of nitrogens with zero attached hydrogens (tertiary/aromatic N) is 2. The Hall–Kier alpha value is -2.10. The van der Waals surface area contributed by atoms with Crippen molar-refractivity contribution >= 4 is 11.6 Å².